The highest BCUT2D eigenvalue weighted by atomic mass is 35.5. The molecule has 8 nitrogen and oxygen atoms in total. The van der Waals surface area contributed by atoms with E-state index in [0.29, 0.717) is 22.8 Å². The van der Waals surface area contributed by atoms with Gasteiger partial charge in [0.2, 0.25) is 0 Å². The fourth-order valence-corrected chi connectivity index (χ4v) is 3.16. The molecule has 1 aromatic carbocycles. The van der Waals surface area contributed by atoms with Crippen LogP contribution < -0.4 is 5.32 Å². The van der Waals surface area contributed by atoms with Crippen molar-refractivity contribution in [1.29, 1.82) is 5.26 Å². The standard InChI is InChI=1S/C20H21ClN6O2/c1-11(23-20(29)18-8-17(13(3)28)24-25-18)10-27-7-6-16(26-27)15-5-4-14(9-22)19(21)12(15)2/h4-8,11,13,28H,10H2,1-3H3,(H,23,29)(H,24,25)/t11-,13?/m0/s1. The van der Waals surface area contributed by atoms with Crippen LogP contribution in [0.15, 0.2) is 30.5 Å². The summed E-state index contributed by atoms with van der Waals surface area (Å²) in [4.78, 5) is 12.3. The molecule has 9 heteroatoms. The quantitative estimate of drug-likeness (QED) is 0.574. The monoisotopic (exact) mass is 412 g/mol. The van der Waals surface area contributed by atoms with E-state index < -0.39 is 6.10 Å². The third-order valence-corrected chi connectivity index (χ3v) is 5.02. The summed E-state index contributed by atoms with van der Waals surface area (Å²) >= 11 is 6.25. The van der Waals surface area contributed by atoms with Crippen LogP contribution in [0.5, 0.6) is 0 Å². The second-order valence-electron chi connectivity index (χ2n) is 6.89. The lowest BCUT2D eigenvalue weighted by Crippen LogP contribution is -2.36. The molecule has 1 amide bonds. The zero-order valence-corrected chi connectivity index (χ0v) is 17.0. The number of carbonyl (C=O) groups excluding carboxylic acids is 1. The molecule has 0 saturated carbocycles. The molecule has 0 fully saturated rings. The fourth-order valence-electron chi connectivity index (χ4n) is 2.95. The number of nitriles is 1. The molecular weight excluding hydrogens is 392 g/mol. The molecule has 2 atom stereocenters. The summed E-state index contributed by atoms with van der Waals surface area (Å²) in [7, 11) is 0. The second kappa shape index (κ2) is 8.47. The number of aliphatic hydroxyl groups is 1. The van der Waals surface area contributed by atoms with Crippen molar-refractivity contribution in [3.63, 3.8) is 0 Å². The number of aliphatic hydroxyl groups excluding tert-OH is 1. The SMILES string of the molecule is Cc1c(-c2ccn(C[C@H](C)NC(=O)c3cc(C(C)O)n[nH]3)n2)ccc(C#N)c1Cl. The zero-order chi connectivity index (χ0) is 21.1. The topological polar surface area (TPSA) is 120 Å². The van der Waals surface area contributed by atoms with Gasteiger partial charge in [-0.15, -0.1) is 0 Å². The van der Waals surface area contributed by atoms with Gasteiger partial charge in [-0.3, -0.25) is 14.6 Å². The van der Waals surface area contributed by atoms with Crippen LogP contribution >= 0.6 is 11.6 Å². The van der Waals surface area contributed by atoms with Crippen molar-refractivity contribution in [3.8, 4) is 17.3 Å². The van der Waals surface area contributed by atoms with Crippen molar-refractivity contribution >= 4 is 17.5 Å². The molecule has 0 aliphatic heterocycles. The first-order valence-electron chi connectivity index (χ1n) is 9.07. The minimum Gasteiger partial charge on any atom is -0.387 e. The Morgan fingerprint density at radius 1 is 1.41 bits per heavy atom. The molecule has 0 aliphatic carbocycles. The maximum absolute atomic E-state index is 12.3. The molecule has 3 aromatic rings. The summed E-state index contributed by atoms with van der Waals surface area (Å²) < 4.78 is 1.74. The van der Waals surface area contributed by atoms with Crippen LogP contribution in [-0.4, -0.2) is 37.0 Å². The van der Waals surface area contributed by atoms with Gasteiger partial charge in [0, 0.05) is 17.8 Å². The van der Waals surface area contributed by atoms with Crippen molar-refractivity contribution in [2.75, 3.05) is 0 Å². The van der Waals surface area contributed by atoms with Gasteiger partial charge in [0.25, 0.3) is 5.91 Å². The van der Waals surface area contributed by atoms with E-state index in [-0.39, 0.29) is 17.6 Å². The van der Waals surface area contributed by atoms with Crippen LogP contribution in [0.4, 0.5) is 0 Å². The van der Waals surface area contributed by atoms with Crippen LogP contribution in [0.3, 0.4) is 0 Å². The summed E-state index contributed by atoms with van der Waals surface area (Å²) in [6, 6.07) is 8.77. The van der Waals surface area contributed by atoms with Gasteiger partial charge in [0.05, 0.1) is 34.6 Å². The zero-order valence-electron chi connectivity index (χ0n) is 16.3. The highest BCUT2D eigenvalue weighted by Gasteiger charge is 2.16. The third-order valence-electron chi connectivity index (χ3n) is 4.53. The van der Waals surface area contributed by atoms with Crippen molar-refractivity contribution < 1.29 is 9.90 Å². The van der Waals surface area contributed by atoms with E-state index in [0.717, 1.165) is 16.8 Å². The highest BCUT2D eigenvalue weighted by Crippen LogP contribution is 2.29. The average Bonchev–Trinajstić information content (AvgIpc) is 3.33. The van der Waals surface area contributed by atoms with Gasteiger partial charge in [-0.2, -0.15) is 15.5 Å². The predicted octanol–water partition coefficient (Wildman–Crippen LogP) is 2.98. The van der Waals surface area contributed by atoms with E-state index in [9.17, 15) is 9.90 Å². The number of nitrogens with zero attached hydrogens (tertiary/aromatic N) is 4. The van der Waals surface area contributed by atoms with Crippen molar-refractivity contribution in [2.45, 2.75) is 39.5 Å². The molecule has 1 unspecified atom stereocenters. The number of aromatic amines is 1. The molecule has 0 spiro atoms. The van der Waals surface area contributed by atoms with Crippen molar-refractivity contribution in [1.82, 2.24) is 25.3 Å². The number of halogens is 1. The molecule has 29 heavy (non-hydrogen) atoms. The molecule has 0 radical (unpaired) electrons. The Hall–Kier alpha value is -3.15. The van der Waals surface area contributed by atoms with Gasteiger partial charge < -0.3 is 10.4 Å². The lowest BCUT2D eigenvalue weighted by Gasteiger charge is -2.13. The number of nitrogens with one attached hydrogen (secondary N) is 2. The van der Waals surface area contributed by atoms with E-state index in [1.165, 1.54) is 6.07 Å². The second-order valence-corrected chi connectivity index (χ2v) is 7.27. The predicted molar refractivity (Wildman–Crippen MR) is 108 cm³/mol. The smallest absolute Gasteiger partial charge is 0.269 e. The summed E-state index contributed by atoms with van der Waals surface area (Å²) in [5, 5.41) is 33.0. The number of amides is 1. The van der Waals surface area contributed by atoms with Crippen LogP contribution in [0.1, 0.15) is 47.3 Å². The van der Waals surface area contributed by atoms with Gasteiger partial charge in [-0.1, -0.05) is 17.7 Å². The lowest BCUT2D eigenvalue weighted by atomic mass is 10.0. The van der Waals surface area contributed by atoms with Crippen LogP contribution in [-0.2, 0) is 6.54 Å². The van der Waals surface area contributed by atoms with Gasteiger partial charge in [0.1, 0.15) is 11.8 Å². The fraction of sp³-hybridized carbons (Fsp3) is 0.300. The Labute approximate surface area is 173 Å². The number of hydrogen-bond donors (Lipinski definition) is 3. The highest BCUT2D eigenvalue weighted by molar-refractivity contribution is 6.32. The van der Waals surface area contributed by atoms with Crippen LogP contribution in [0, 0.1) is 18.3 Å². The Morgan fingerprint density at radius 3 is 2.83 bits per heavy atom. The first kappa shape index (κ1) is 20.6. The molecule has 0 saturated heterocycles. The molecule has 0 bridgehead atoms. The van der Waals surface area contributed by atoms with Crippen molar-refractivity contribution in [3.05, 3.63) is 58.0 Å². The van der Waals surface area contributed by atoms with E-state index >= 15 is 0 Å². The third kappa shape index (κ3) is 4.47. The maximum Gasteiger partial charge on any atom is 0.269 e. The number of hydrogen-bond acceptors (Lipinski definition) is 5. The Balaban J connectivity index is 1.67. The van der Waals surface area contributed by atoms with E-state index in [4.69, 9.17) is 16.9 Å². The Morgan fingerprint density at radius 2 is 2.17 bits per heavy atom. The van der Waals surface area contributed by atoms with Gasteiger partial charge in [0.15, 0.2) is 0 Å². The van der Waals surface area contributed by atoms with E-state index in [1.807, 2.05) is 32.2 Å². The largest absolute Gasteiger partial charge is 0.387 e. The molecule has 2 aromatic heterocycles. The molecule has 3 rings (SSSR count). The normalized spacial score (nSPS) is 13.0. The summed E-state index contributed by atoms with van der Waals surface area (Å²) in [6.07, 6.45) is 1.08. The summed E-state index contributed by atoms with van der Waals surface area (Å²) in [5.74, 6) is -0.306. The molecule has 0 aliphatic rings. The number of rotatable bonds is 6. The summed E-state index contributed by atoms with van der Waals surface area (Å²) in [5.41, 5.74) is 3.52. The number of carbonyl (C=O) groups is 1. The molecular formula is C20H21ClN6O2. The van der Waals surface area contributed by atoms with Gasteiger partial charge >= 0.3 is 0 Å². The summed E-state index contributed by atoms with van der Waals surface area (Å²) in [6.45, 7) is 5.77. The lowest BCUT2D eigenvalue weighted by molar-refractivity contribution is 0.0931. The first-order chi connectivity index (χ1) is 13.8. The molecule has 150 valence electrons. The molecule has 2 heterocycles. The van der Waals surface area contributed by atoms with E-state index in [1.54, 1.807) is 17.7 Å². The minimum absolute atomic E-state index is 0.195. The Bertz CT molecular complexity index is 1080. The number of aromatic nitrogens is 4. The van der Waals surface area contributed by atoms with Crippen molar-refractivity contribution in [2.24, 2.45) is 0 Å². The van der Waals surface area contributed by atoms with Crippen LogP contribution in [0.2, 0.25) is 5.02 Å². The van der Waals surface area contributed by atoms with Gasteiger partial charge in [-0.05, 0) is 44.5 Å². The first-order valence-corrected chi connectivity index (χ1v) is 9.45. The van der Waals surface area contributed by atoms with Crippen LogP contribution in [0.25, 0.3) is 11.3 Å². The number of H-pyrrole nitrogens is 1. The van der Waals surface area contributed by atoms with E-state index in [2.05, 4.69) is 26.7 Å². The number of benzene rings is 1. The Kier molecular flexibility index (Phi) is 6.01. The maximum atomic E-state index is 12.3. The van der Waals surface area contributed by atoms with Gasteiger partial charge in [-0.25, -0.2) is 0 Å². The molecule has 3 N–H and O–H groups in total. The minimum atomic E-state index is -0.744. The average molecular weight is 413 g/mol.